The summed E-state index contributed by atoms with van der Waals surface area (Å²) in [6.45, 7) is -0.0474. The third-order valence-electron chi connectivity index (χ3n) is 4.13. The van der Waals surface area contributed by atoms with Crippen molar-refractivity contribution in [1.29, 1.82) is 0 Å². The minimum atomic E-state index is -1.47. The first-order chi connectivity index (χ1) is 11.5. The van der Waals surface area contributed by atoms with Crippen molar-refractivity contribution in [1.82, 2.24) is 5.32 Å². The monoisotopic (exact) mass is 334 g/mol. The van der Waals surface area contributed by atoms with Crippen LogP contribution < -0.4 is 5.32 Å². The Labute approximate surface area is 139 Å². The topological polar surface area (TPSA) is 119 Å². The molecule has 5 N–H and O–H groups in total. The van der Waals surface area contributed by atoms with Crippen LogP contribution in [0.4, 0.5) is 0 Å². The zero-order valence-electron chi connectivity index (χ0n) is 14.6. The highest BCUT2D eigenvalue weighted by Crippen LogP contribution is 2.20. The molecule has 0 saturated carbocycles. The summed E-state index contributed by atoms with van der Waals surface area (Å²) in [6, 6.07) is -1.11. The van der Waals surface area contributed by atoms with Crippen LogP contribution in [0.1, 0.15) is 59.6 Å². The fourth-order valence-electron chi connectivity index (χ4n) is 2.68. The Morgan fingerprint density at radius 1 is 1.09 bits per heavy atom. The number of hydrogen-bond acceptors (Lipinski definition) is 6. The van der Waals surface area contributed by atoms with Crippen LogP contribution in [0.15, 0.2) is 0 Å². The van der Waals surface area contributed by atoms with Crippen molar-refractivity contribution in [3.8, 4) is 0 Å². The van der Waals surface area contributed by atoms with Gasteiger partial charge in [-0.2, -0.15) is 0 Å². The summed E-state index contributed by atoms with van der Waals surface area (Å²) in [6.07, 6.45) is 1.90. The van der Waals surface area contributed by atoms with Crippen molar-refractivity contribution in [2.45, 2.75) is 88.9 Å². The van der Waals surface area contributed by atoms with E-state index in [1.807, 2.05) is 0 Å². The van der Waals surface area contributed by atoms with E-state index in [9.17, 15) is 20.1 Å². The van der Waals surface area contributed by atoms with Crippen LogP contribution in [-0.2, 0) is 9.53 Å². The van der Waals surface area contributed by atoms with Gasteiger partial charge in [-0.1, -0.05) is 45.4 Å². The number of amides is 1. The highest BCUT2D eigenvalue weighted by Gasteiger charge is 2.44. The van der Waals surface area contributed by atoms with E-state index in [4.69, 9.17) is 11.2 Å². The Balaban J connectivity index is 2.20. The summed E-state index contributed by atoms with van der Waals surface area (Å²) in [4.78, 5) is 11.9. The fourth-order valence-corrected chi connectivity index (χ4v) is 2.68. The molecular weight excluding hydrogens is 302 g/mol. The molecule has 7 heteroatoms. The van der Waals surface area contributed by atoms with E-state index in [0.29, 0.717) is 13.3 Å². The lowest BCUT2D eigenvalue weighted by atomic mass is 9.97. The molecule has 0 aromatic heterocycles. The highest BCUT2D eigenvalue weighted by atomic mass is 16.6. The molecular formula is C16H31NO6. The molecule has 0 bridgehead atoms. The minimum absolute atomic E-state index is 0.280. The predicted molar refractivity (Wildman–Crippen MR) is 84.5 cm³/mol. The van der Waals surface area contributed by atoms with Crippen molar-refractivity contribution < 1.29 is 31.3 Å². The van der Waals surface area contributed by atoms with E-state index >= 15 is 0 Å². The van der Waals surface area contributed by atoms with Crippen LogP contribution in [-0.4, -0.2) is 63.6 Å². The van der Waals surface area contributed by atoms with E-state index in [1.165, 1.54) is 0 Å². The first-order valence-electron chi connectivity index (χ1n) is 9.11. The van der Waals surface area contributed by atoms with Gasteiger partial charge in [-0.25, -0.2) is 0 Å². The van der Waals surface area contributed by atoms with Crippen LogP contribution in [0, 0.1) is 0 Å². The summed E-state index contributed by atoms with van der Waals surface area (Å²) in [7, 11) is 0. The smallest absolute Gasteiger partial charge is 0.220 e. The number of aliphatic hydroxyl groups excluding tert-OH is 4. The first-order valence-corrected chi connectivity index (χ1v) is 8.40. The Hall–Kier alpha value is -0.730. The van der Waals surface area contributed by atoms with E-state index in [1.54, 1.807) is 0 Å². The molecule has 0 aromatic carbocycles. The standard InChI is InChI=1S/C16H31NO6/c1-2-3-4-5-6-7-8-9-12(19)17-13-15(21)14(20)11(10-18)23-16(13)22/h11,13-16,18,20-22H,2-10H2,1H3,(H,17,19)/t11-,13-,14-,15-,16?/m1/s1/i1D. The van der Waals surface area contributed by atoms with E-state index in [0.717, 1.165) is 38.5 Å². The number of carbonyl (C=O) groups excluding carboxylic acids is 1. The van der Waals surface area contributed by atoms with Crippen molar-refractivity contribution in [3.05, 3.63) is 0 Å². The zero-order valence-corrected chi connectivity index (χ0v) is 13.6. The number of unbranched alkanes of at least 4 members (excludes halogenated alkanes) is 6. The van der Waals surface area contributed by atoms with Crippen LogP contribution in [0.2, 0.25) is 0 Å². The largest absolute Gasteiger partial charge is 0.394 e. The van der Waals surface area contributed by atoms with Crippen LogP contribution in [0.25, 0.3) is 0 Å². The van der Waals surface area contributed by atoms with Crippen molar-refractivity contribution in [2.75, 3.05) is 6.61 Å². The maximum Gasteiger partial charge on any atom is 0.220 e. The molecule has 136 valence electrons. The normalized spacial score (nSPS) is 31.7. The zero-order chi connectivity index (χ0) is 17.9. The van der Waals surface area contributed by atoms with Gasteiger partial charge in [0, 0.05) is 7.79 Å². The highest BCUT2D eigenvalue weighted by molar-refractivity contribution is 5.76. The lowest BCUT2D eigenvalue weighted by Gasteiger charge is -2.40. The third kappa shape index (κ3) is 6.73. The second kappa shape index (κ2) is 10.9. The average molecular weight is 334 g/mol. The Kier molecular flexibility index (Phi) is 8.85. The van der Waals surface area contributed by atoms with Gasteiger partial charge in [0.05, 0.1) is 6.61 Å². The predicted octanol–water partition coefficient (Wildman–Crippen LogP) is 0.0432. The molecule has 1 saturated heterocycles. The second-order valence-electron chi connectivity index (χ2n) is 6.05. The molecule has 1 rings (SSSR count). The van der Waals surface area contributed by atoms with E-state index < -0.39 is 37.3 Å². The van der Waals surface area contributed by atoms with Gasteiger partial charge in [0.15, 0.2) is 6.29 Å². The summed E-state index contributed by atoms with van der Waals surface area (Å²) in [5.41, 5.74) is 0. The summed E-state index contributed by atoms with van der Waals surface area (Å²) >= 11 is 0. The van der Waals surface area contributed by atoms with Gasteiger partial charge < -0.3 is 30.5 Å². The molecule has 1 aliphatic heterocycles. The van der Waals surface area contributed by atoms with Crippen molar-refractivity contribution in [2.24, 2.45) is 0 Å². The molecule has 5 atom stereocenters. The number of ether oxygens (including phenoxy) is 1. The SMILES string of the molecule is [2H]CCCCCCCCCC(=O)N[C@H]1C(O)O[C@H](CO)[C@@H](O)[C@@H]1O. The lowest BCUT2D eigenvalue weighted by Crippen LogP contribution is -2.64. The van der Waals surface area contributed by atoms with Crippen LogP contribution in [0.5, 0.6) is 0 Å². The van der Waals surface area contributed by atoms with Crippen molar-refractivity contribution in [3.63, 3.8) is 0 Å². The number of hydrogen-bond donors (Lipinski definition) is 5. The second-order valence-corrected chi connectivity index (χ2v) is 6.05. The van der Waals surface area contributed by atoms with Gasteiger partial charge in [-0.15, -0.1) is 0 Å². The molecule has 0 radical (unpaired) electrons. The molecule has 0 aliphatic carbocycles. The Bertz CT molecular complexity index is 359. The third-order valence-corrected chi connectivity index (χ3v) is 4.13. The minimum Gasteiger partial charge on any atom is -0.394 e. The molecule has 23 heavy (non-hydrogen) atoms. The first kappa shape index (κ1) is 18.6. The number of carbonyl (C=O) groups is 1. The van der Waals surface area contributed by atoms with Gasteiger partial charge in [-0.05, 0) is 6.42 Å². The molecule has 1 heterocycles. The maximum atomic E-state index is 11.9. The Morgan fingerprint density at radius 2 is 1.74 bits per heavy atom. The fraction of sp³-hybridized carbons (Fsp3) is 0.938. The molecule has 1 amide bonds. The maximum absolute atomic E-state index is 11.9. The van der Waals surface area contributed by atoms with Gasteiger partial charge in [0.1, 0.15) is 24.4 Å². The summed E-state index contributed by atoms with van der Waals surface area (Å²) in [5.74, 6) is -0.314. The van der Waals surface area contributed by atoms with Gasteiger partial charge in [0.2, 0.25) is 5.91 Å². The number of nitrogens with one attached hydrogen (secondary N) is 1. The number of aliphatic hydroxyl groups is 4. The molecule has 7 nitrogen and oxygen atoms in total. The van der Waals surface area contributed by atoms with Gasteiger partial charge >= 0.3 is 0 Å². The van der Waals surface area contributed by atoms with Gasteiger partial charge in [0.25, 0.3) is 0 Å². The molecule has 0 aromatic rings. The molecule has 1 aliphatic rings. The molecule has 0 spiro atoms. The summed E-state index contributed by atoms with van der Waals surface area (Å²) < 4.78 is 12.0. The van der Waals surface area contributed by atoms with Crippen LogP contribution in [0.3, 0.4) is 0 Å². The Morgan fingerprint density at radius 3 is 2.39 bits per heavy atom. The van der Waals surface area contributed by atoms with E-state index in [2.05, 4.69) is 5.32 Å². The quantitative estimate of drug-likeness (QED) is 0.360. The lowest BCUT2D eigenvalue weighted by molar-refractivity contribution is -0.253. The molecule has 1 unspecified atom stereocenters. The van der Waals surface area contributed by atoms with Crippen LogP contribution >= 0.6 is 0 Å². The molecule has 1 fully saturated rings. The van der Waals surface area contributed by atoms with Gasteiger partial charge in [-0.3, -0.25) is 4.79 Å². The van der Waals surface area contributed by atoms with Crippen molar-refractivity contribution >= 4 is 5.91 Å². The average Bonchev–Trinajstić information content (AvgIpc) is 2.57. The van der Waals surface area contributed by atoms with E-state index in [-0.39, 0.29) is 12.3 Å². The summed E-state index contributed by atoms with van der Waals surface area (Å²) in [5, 5.41) is 41.0. The number of rotatable bonds is 10.